The summed E-state index contributed by atoms with van der Waals surface area (Å²) < 4.78 is 6.07. The fourth-order valence-corrected chi connectivity index (χ4v) is 3.10. The van der Waals surface area contributed by atoms with E-state index >= 15 is 0 Å². The third-order valence-electron chi connectivity index (χ3n) is 4.04. The first kappa shape index (κ1) is 11.1. The number of rotatable bonds is 2. The molecular weight excluding hydrogens is 210 g/mol. The smallest absolute Gasteiger partial charge is 0.120 e. The maximum atomic E-state index is 6.07. The summed E-state index contributed by atoms with van der Waals surface area (Å²) in [6, 6.07) is 6.94. The number of hydrogen-bond acceptors (Lipinski definition) is 2. The highest BCUT2D eigenvalue weighted by Crippen LogP contribution is 2.28. The first-order valence-corrected chi connectivity index (χ1v) is 6.85. The van der Waals surface area contributed by atoms with Crippen molar-refractivity contribution in [3.05, 3.63) is 29.3 Å². The van der Waals surface area contributed by atoms with E-state index in [1.54, 1.807) is 0 Å². The molecule has 1 saturated carbocycles. The lowest BCUT2D eigenvalue weighted by atomic mass is 9.93. The Bertz CT molecular complexity index is 402. The Kier molecular flexibility index (Phi) is 3.06. The molecule has 2 nitrogen and oxygen atoms in total. The molecule has 0 amide bonds. The number of benzene rings is 1. The molecule has 0 radical (unpaired) electrons. The van der Waals surface area contributed by atoms with Crippen LogP contribution in [0.1, 0.15) is 43.2 Å². The van der Waals surface area contributed by atoms with Gasteiger partial charge < -0.3 is 10.5 Å². The fraction of sp³-hybridized carbons (Fsp3) is 0.600. The normalized spacial score (nSPS) is 27.8. The number of nitrogens with two attached hydrogens (primary N) is 1. The highest BCUT2D eigenvalue weighted by Gasteiger charge is 2.21. The average Bonchev–Trinajstić information content (AvgIpc) is 2.76. The highest BCUT2D eigenvalue weighted by molar-refractivity contribution is 5.38. The maximum Gasteiger partial charge on any atom is 0.120 e. The topological polar surface area (TPSA) is 35.2 Å². The molecule has 92 valence electrons. The van der Waals surface area contributed by atoms with Crippen LogP contribution in [0.2, 0.25) is 0 Å². The maximum absolute atomic E-state index is 6.07. The zero-order valence-electron chi connectivity index (χ0n) is 10.3. The summed E-state index contributed by atoms with van der Waals surface area (Å²) in [7, 11) is 0. The summed E-state index contributed by atoms with van der Waals surface area (Å²) in [5.41, 5.74) is 8.99. The van der Waals surface area contributed by atoms with Crippen LogP contribution in [0.3, 0.4) is 0 Å². The summed E-state index contributed by atoms with van der Waals surface area (Å²) in [5, 5.41) is 0. The van der Waals surface area contributed by atoms with Crippen LogP contribution in [-0.2, 0) is 12.8 Å². The SMILES string of the molecule is NC1CCCC(Oc2ccc3c(c2)CCC3)C1. The van der Waals surface area contributed by atoms with Crippen molar-refractivity contribution >= 4 is 0 Å². The molecular formula is C15H21NO. The molecule has 0 saturated heterocycles. The average molecular weight is 231 g/mol. The third-order valence-corrected chi connectivity index (χ3v) is 4.04. The summed E-state index contributed by atoms with van der Waals surface area (Å²) in [6.07, 6.45) is 8.62. The van der Waals surface area contributed by atoms with E-state index in [0.717, 1.165) is 25.0 Å². The lowest BCUT2D eigenvalue weighted by Gasteiger charge is -2.27. The van der Waals surface area contributed by atoms with Crippen LogP contribution in [0, 0.1) is 0 Å². The quantitative estimate of drug-likeness (QED) is 0.849. The van der Waals surface area contributed by atoms with Crippen LogP contribution < -0.4 is 10.5 Å². The van der Waals surface area contributed by atoms with Crippen LogP contribution in [0.15, 0.2) is 18.2 Å². The predicted octanol–water partition coefficient (Wildman–Crippen LogP) is 2.82. The molecule has 0 aliphatic heterocycles. The third kappa shape index (κ3) is 2.47. The second-order valence-corrected chi connectivity index (χ2v) is 5.45. The van der Waals surface area contributed by atoms with Gasteiger partial charge in [-0.25, -0.2) is 0 Å². The van der Waals surface area contributed by atoms with Gasteiger partial charge in [0.25, 0.3) is 0 Å². The van der Waals surface area contributed by atoms with Gasteiger partial charge in [0.05, 0.1) is 0 Å². The van der Waals surface area contributed by atoms with E-state index < -0.39 is 0 Å². The lowest BCUT2D eigenvalue weighted by molar-refractivity contribution is 0.144. The molecule has 0 spiro atoms. The molecule has 0 heterocycles. The molecule has 1 aromatic rings. The van der Waals surface area contributed by atoms with Crippen molar-refractivity contribution in [1.29, 1.82) is 0 Å². The van der Waals surface area contributed by atoms with Gasteiger partial charge in [0, 0.05) is 6.04 Å². The Morgan fingerprint density at radius 3 is 2.82 bits per heavy atom. The van der Waals surface area contributed by atoms with Gasteiger partial charge in [0.15, 0.2) is 0 Å². The van der Waals surface area contributed by atoms with E-state index in [1.807, 2.05) is 0 Å². The van der Waals surface area contributed by atoms with Crippen molar-refractivity contribution < 1.29 is 4.74 Å². The Morgan fingerprint density at radius 2 is 1.94 bits per heavy atom. The van der Waals surface area contributed by atoms with E-state index in [2.05, 4.69) is 18.2 Å². The van der Waals surface area contributed by atoms with Gasteiger partial charge in [-0.3, -0.25) is 0 Å². The number of ether oxygens (including phenoxy) is 1. The molecule has 1 fully saturated rings. The number of aryl methyl sites for hydroxylation is 2. The molecule has 2 unspecified atom stereocenters. The molecule has 2 heteroatoms. The zero-order chi connectivity index (χ0) is 11.7. The first-order chi connectivity index (χ1) is 8.31. The van der Waals surface area contributed by atoms with E-state index in [0.29, 0.717) is 12.1 Å². The summed E-state index contributed by atoms with van der Waals surface area (Å²) in [4.78, 5) is 0. The Morgan fingerprint density at radius 1 is 1.06 bits per heavy atom. The Labute approximate surface area is 103 Å². The molecule has 3 rings (SSSR count). The van der Waals surface area contributed by atoms with Gasteiger partial charge in [-0.2, -0.15) is 0 Å². The van der Waals surface area contributed by atoms with Gasteiger partial charge in [0.2, 0.25) is 0 Å². The van der Waals surface area contributed by atoms with Crippen molar-refractivity contribution in [2.24, 2.45) is 5.73 Å². The van der Waals surface area contributed by atoms with Crippen molar-refractivity contribution in [3.63, 3.8) is 0 Å². The lowest BCUT2D eigenvalue weighted by Crippen LogP contribution is -2.33. The van der Waals surface area contributed by atoms with Gasteiger partial charge in [-0.05, 0) is 68.2 Å². The minimum atomic E-state index is 0.332. The van der Waals surface area contributed by atoms with Gasteiger partial charge in [-0.15, -0.1) is 0 Å². The predicted molar refractivity (Wildman–Crippen MR) is 69.3 cm³/mol. The molecule has 2 N–H and O–H groups in total. The van der Waals surface area contributed by atoms with E-state index in [9.17, 15) is 0 Å². The van der Waals surface area contributed by atoms with Crippen LogP contribution >= 0.6 is 0 Å². The van der Waals surface area contributed by atoms with Crippen LogP contribution in [0.5, 0.6) is 5.75 Å². The van der Waals surface area contributed by atoms with Crippen LogP contribution in [0.25, 0.3) is 0 Å². The number of hydrogen-bond donors (Lipinski definition) is 1. The highest BCUT2D eigenvalue weighted by atomic mass is 16.5. The van der Waals surface area contributed by atoms with Gasteiger partial charge in [0.1, 0.15) is 11.9 Å². The van der Waals surface area contributed by atoms with E-state index in [1.165, 1.54) is 36.8 Å². The largest absolute Gasteiger partial charge is 0.490 e. The molecule has 1 aromatic carbocycles. The fourth-order valence-electron chi connectivity index (χ4n) is 3.10. The monoisotopic (exact) mass is 231 g/mol. The molecule has 0 aromatic heterocycles. The molecule has 17 heavy (non-hydrogen) atoms. The van der Waals surface area contributed by atoms with E-state index in [4.69, 9.17) is 10.5 Å². The summed E-state index contributed by atoms with van der Waals surface area (Å²) >= 11 is 0. The van der Waals surface area contributed by atoms with Crippen molar-refractivity contribution in [1.82, 2.24) is 0 Å². The zero-order valence-corrected chi connectivity index (χ0v) is 10.3. The van der Waals surface area contributed by atoms with Crippen LogP contribution in [-0.4, -0.2) is 12.1 Å². The standard InChI is InChI=1S/C15H21NO/c16-13-5-2-6-14(10-13)17-15-8-7-11-3-1-4-12(11)9-15/h7-9,13-14H,1-6,10,16H2. The Balaban J connectivity index is 1.68. The second kappa shape index (κ2) is 4.69. The minimum absolute atomic E-state index is 0.332. The molecule has 2 aliphatic rings. The second-order valence-electron chi connectivity index (χ2n) is 5.45. The van der Waals surface area contributed by atoms with Crippen molar-refractivity contribution in [3.8, 4) is 5.75 Å². The van der Waals surface area contributed by atoms with Gasteiger partial charge >= 0.3 is 0 Å². The summed E-state index contributed by atoms with van der Waals surface area (Å²) in [6.45, 7) is 0. The van der Waals surface area contributed by atoms with Crippen LogP contribution in [0.4, 0.5) is 0 Å². The van der Waals surface area contributed by atoms with Gasteiger partial charge in [-0.1, -0.05) is 6.07 Å². The molecule has 2 aliphatic carbocycles. The van der Waals surface area contributed by atoms with Crippen molar-refractivity contribution in [2.45, 2.75) is 57.1 Å². The van der Waals surface area contributed by atoms with E-state index in [-0.39, 0.29) is 0 Å². The first-order valence-electron chi connectivity index (χ1n) is 6.85. The minimum Gasteiger partial charge on any atom is -0.490 e. The Hall–Kier alpha value is -1.02. The molecule has 2 atom stereocenters. The summed E-state index contributed by atoms with van der Waals surface area (Å²) in [5.74, 6) is 1.05. The molecule has 0 bridgehead atoms. The van der Waals surface area contributed by atoms with Crippen molar-refractivity contribution in [2.75, 3.05) is 0 Å². The number of fused-ring (bicyclic) bond motifs is 1.